The van der Waals surface area contributed by atoms with Gasteiger partial charge in [0.2, 0.25) is 0 Å². The molecule has 8 aromatic carbocycles. The molecule has 0 aliphatic heterocycles. The Bertz CT molecular complexity index is 3840. The molecule has 0 amide bonds. The van der Waals surface area contributed by atoms with Crippen molar-refractivity contribution < 1.29 is 4.42 Å². The highest BCUT2D eigenvalue weighted by Gasteiger charge is 2.19. The van der Waals surface area contributed by atoms with Crippen LogP contribution in [0.3, 0.4) is 0 Å². The number of para-hydroxylation sites is 3. The predicted octanol–water partition coefficient (Wildman–Crippen LogP) is 15.2. The molecule has 0 unspecified atom stereocenters. The van der Waals surface area contributed by atoms with Crippen molar-refractivity contribution in [2.45, 2.75) is 0 Å². The zero-order chi connectivity index (χ0) is 41.4. The van der Waals surface area contributed by atoms with E-state index in [1.165, 1.54) is 27.1 Å². The van der Waals surface area contributed by atoms with Gasteiger partial charge in [-0.25, -0.2) is 4.98 Å². The summed E-state index contributed by atoms with van der Waals surface area (Å²) in [6, 6.07) is 75.6. The molecule has 13 rings (SSSR count). The molecular weight excluding hydrogens is 769 g/mol. The Hall–Kier alpha value is -8.54. The summed E-state index contributed by atoms with van der Waals surface area (Å²) in [6.07, 6.45) is 1.87. The SMILES string of the molecule is c1ccc(-c2cc(-c3ccccc3)nc(-n3c4ccccc4c4cc(-c5ccc6c7ccccc7n(-c7ccc(-c8ccnc9c8oc8ccccc89)cc7)c6c5)ccc43)c2)cc1. The van der Waals surface area contributed by atoms with Crippen molar-refractivity contribution in [3.63, 3.8) is 0 Å². The highest BCUT2D eigenvalue weighted by atomic mass is 16.3. The highest BCUT2D eigenvalue weighted by Crippen LogP contribution is 2.40. The zero-order valence-electron chi connectivity index (χ0n) is 34.0. The van der Waals surface area contributed by atoms with Crippen LogP contribution in [0.4, 0.5) is 0 Å². The van der Waals surface area contributed by atoms with Crippen LogP contribution in [-0.4, -0.2) is 19.1 Å². The second-order valence-electron chi connectivity index (χ2n) is 16.2. The minimum Gasteiger partial charge on any atom is -0.454 e. The largest absolute Gasteiger partial charge is 0.454 e. The maximum Gasteiger partial charge on any atom is 0.161 e. The Morgan fingerprint density at radius 1 is 0.365 bits per heavy atom. The molecule has 5 heterocycles. The number of pyridine rings is 2. The number of nitrogens with zero attached hydrogens (tertiary/aromatic N) is 4. The summed E-state index contributed by atoms with van der Waals surface area (Å²) in [5.41, 5.74) is 16.9. The number of furan rings is 1. The number of benzene rings is 8. The number of hydrogen-bond acceptors (Lipinski definition) is 3. The minimum atomic E-state index is 0.807. The summed E-state index contributed by atoms with van der Waals surface area (Å²) in [5, 5.41) is 5.84. The Morgan fingerprint density at radius 3 is 1.76 bits per heavy atom. The van der Waals surface area contributed by atoms with Gasteiger partial charge in [0, 0.05) is 49.9 Å². The molecule has 294 valence electrons. The quantitative estimate of drug-likeness (QED) is 0.168. The summed E-state index contributed by atoms with van der Waals surface area (Å²) >= 11 is 0. The van der Waals surface area contributed by atoms with E-state index in [9.17, 15) is 0 Å². The summed E-state index contributed by atoms with van der Waals surface area (Å²) < 4.78 is 11.1. The van der Waals surface area contributed by atoms with E-state index in [1.54, 1.807) is 0 Å². The molecule has 63 heavy (non-hydrogen) atoms. The van der Waals surface area contributed by atoms with E-state index in [4.69, 9.17) is 9.40 Å². The van der Waals surface area contributed by atoms with Gasteiger partial charge in [-0.05, 0) is 101 Å². The standard InChI is InChI=1S/C58H36N4O/c1-3-13-37(14-4-1)42-34-50(39-15-5-2-6-16-39)60-56(36-42)62-52-21-11-8-18-46(52)49-33-40(26-30-53(49)62)41-25-29-47-45-17-7-10-20-51(45)61(54(47)35-41)43-27-23-38(24-28-43)44-31-32-59-57-48-19-9-12-22-55(48)63-58(44)57/h1-36H. The van der Waals surface area contributed by atoms with Crippen LogP contribution in [0.15, 0.2) is 223 Å². The Kier molecular flexibility index (Phi) is 7.84. The van der Waals surface area contributed by atoms with Gasteiger partial charge in [-0.3, -0.25) is 9.55 Å². The van der Waals surface area contributed by atoms with Crippen molar-refractivity contribution in [3.05, 3.63) is 219 Å². The van der Waals surface area contributed by atoms with Crippen LogP contribution in [0.2, 0.25) is 0 Å². The first-order chi connectivity index (χ1) is 31.2. The first-order valence-corrected chi connectivity index (χ1v) is 21.3. The molecule has 0 saturated heterocycles. The van der Waals surface area contributed by atoms with Crippen LogP contribution in [0.5, 0.6) is 0 Å². The first kappa shape index (κ1) is 35.2. The van der Waals surface area contributed by atoms with Gasteiger partial charge in [0.05, 0.1) is 27.8 Å². The molecule has 5 aromatic heterocycles. The van der Waals surface area contributed by atoms with Gasteiger partial charge in [-0.15, -0.1) is 0 Å². The van der Waals surface area contributed by atoms with E-state index in [0.717, 1.165) is 94.8 Å². The van der Waals surface area contributed by atoms with E-state index in [1.807, 2.05) is 30.5 Å². The van der Waals surface area contributed by atoms with E-state index < -0.39 is 0 Å². The normalized spacial score (nSPS) is 11.8. The van der Waals surface area contributed by atoms with Crippen LogP contribution in [0.25, 0.3) is 122 Å². The third-order valence-corrected chi connectivity index (χ3v) is 12.6. The van der Waals surface area contributed by atoms with Crippen LogP contribution in [0, 0.1) is 0 Å². The molecule has 0 saturated carbocycles. The lowest BCUT2D eigenvalue weighted by atomic mass is 10.0. The van der Waals surface area contributed by atoms with Gasteiger partial charge in [0.1, 0.15) is 16.9 Å². The van der Waals surface area contributed by atoms with Crippen molar-refractivity contribution in [1.82, 2.24) is 19.1 Å². The maximum atomic E-state index is 6.36. The van der Waals surface area contributed by atoms with Crippen molar-refractivity contribution >= 4 is 65.7 Å². The van der Waals surface area contributed by atoms with Crippen LogP contribution >= 0.6 is 0 Å². The average Bonchev–Trinajstić information content (AvgIpc) is 4.02. The zero-order valence-corrected chi connectivity index (χ0v) is 34.0. The van der Waals surface area contributed by atoms with Crippen molar-refractivity contribution in [2.24, 2.45) is 0 Å². The maximum absolute atomic E-state index is 6.36. The first-order valence-electron chi connectivity index (χ1n) is 21.3. The lowest BCUT2D eigenvalue weighted by Crippen LogP contribution is -2.00. The monoisotopic (exact) mass is 804 g/mol. The number of hydrogen-bond donors (Lipinski definition) is 0. The predicted molar refractivity (Wildman–Crippen MR) is 260 cm³/mol. The van der Waals surface area contributed by atoms with Gasteiger partial charge in [0.15, 0.2) is 5.58 Å². The summed E-state index contributed by atoms with van der Waals surface area (Å²) in [6.45, 7) is 0. The number of rotatable bonds is 6. The second kappa shape index (κ2) is 14.0. The van der Waals surface area contributed by atoms with E-state index in [0.29, 0.717) is 0 Å². The van der Waals surface area contributed by atoms with E-state index in [2.05, 4.69) is 202 Å². The van der Waals surface area contributed by atoms with Gasteiger partial charge >= 0.3 is 0 Å². The molecule has 5 nitrogen and oxygen atoms in total. The molecule has 0 atom stereocenters. The van der Waals surface area contributed by atoms with Crippen molar-refractivity contribution in [2.75, 3.05) is 0 Å². The van der Waals surface area contributed by atoms with Gasteiger partial charge in [0.25, 0.3) is 0 Å². The summed E-state index contributed by atoms with van der Waals surface area (Å²) in [4.78, 5) is 10.0. The fourth-order valence-corrected chi connectivity index (χ4v) is 9.63. The molecule has 0 aliphatic rings. The van der Waals surface area contributed by atoms with E-state index >= 15 is 0 Å². The molecule has 13 aromatic rings. The van der Waals surface area contributed by atoms with Gasteiger partial charge in [-0.2, -0.15) is 0 Å². The number of fused-ring (bicyclic) bond motifs is 9. The smallest absolute Gasteiger partial charge is 0.161 e. The lowest BCUT2D eigenvalue weighted by molar-refractivity contribution is 0.669. The minimum absolute atomic E-state index is 0.807. The van der Waals surface area contributed by atoms with Crippen LogP contribution in [-0.2, 0) is 0 Å². The fraction of sp³-hybridized carbons (Fsp3) is 0. The molecule has 0 aliphatic carbocycles. The third-order valence-electron chi connectivity index (χ3n) is 12.6. The molecular formula is C58H36N4O. The molecule has 0 spiro atoms. The Balaban J connectivity index is 0.947. The topological polar surface area (TPSA) is 48.8 Å². The molecule has 0 N–H and O–H groups in total. The summed E-state index contributed by atoms with van der Waals surface area (Å²) in [7, 11) is 0. The third kappa shape index (κ3) is 5.64. The van der Waals surface area contributed by atoms with Crippen LogP contribution < -0.4 is 0 Å². The van der Waals surface area contributed by atoms with Crippen LogP contribution in [0.1, 0.15) is 0 Å². The van der Waals surface area contributed by atoms with Gasteiger partial charge < -0.3 is 8.98 Å². The Labute approximate surface area is 362 Å². The average molecular weight is 805 g/mol. The van der Waals surface area contributed by atoms with Gasteiger partial charge in [-0.1, -0.05) is 140 Å². The molecule has 5 heteroatoms. The van der Waals surface area contributed by atoms with Crippen molar-refractivity contribution in [3.8, 4) is 56.1 Å². The highest BCUT2D eigenvalue weighted by molar-refractivity contribution is 6.13. The second-order valence-corrected chi connectivity index (χ2v) is 16.2. The molecule has 0 bridgehead atoms. The summed E-state index contributed by atoms with van der Waals surface area (Å²) in [5.74, 6) is 0.886. The lowest BCUT2D eigenvalue weighted by Gasteiger charge is -2.13. The Morgan fingerprint density at radius 2 is 0.968 bits per heavy atom. The van der Waals surface area contributed by atoms with E-state index in [-0.39, 0.29) is 0 Å². The fourth-order valence-electron chi connectivity index (χ4n) is 9.63. The molecule has 0 fully saturated rings. The number of aromatic nitrogens is 4. The van der Waals surface area contributed by atoms with Crippen molar-refractivity contribution in [1.29, 1.82) is 0 Å². The molecule has 0 radical (unpaired) electrons.